The molecule has 8 nitrogen and oxygen atoms in total. The number of rotatable bonds is 6. The standard InChI is InChI=1S/C14H16NO7/c1-20-10-6-4-9(5-7-10)11(8-15(18)19)12(13(16)21-2)14(17)22-3/h4-8,11-12H,1-3H3/q-1. The molecule has 0 heterocycles. The summed E-state index contributed by atoms with van der Waals surface area (Å²) in [4.78, 5) is 23.0. The van der Waals surface area contributed by atoms with Crippen molar-refractivity contribution in [3.63, 3.8) is 0 Å². The summed E-state index contributed by atoms with van der Waals surface area (Å²) < 4.78 is 14.1. The van der Waals surface area contributed by atoms with Crippen molar-refractivity contribution in [2.24, 2.45) is 5.92 Å². The second-order valence-electron chi connectivity index (χ2n) is 4.26. The van der Waals surface area contributed by atoms with Gasteiger partial charge in [-0.15, -0.1) is 0 Å². The Morgan fingerprint density at radius 2 is 1.55 bits per heavy atom. The van der Waals surface area contributed by atoms with Crippen molar-refractivity contribution >= 4 is 18.2 Å². The van der Waals surface area contributed by atoms with Crippen LogP contribution < -0.4 is 4.74 Å². The number of nitrogens with zero attached hydrogens (tertiary/aromatic N) is 1. The lowest BCUT2D eigenvalue weighted by atomic mass is 9.86. The van der Waals surface area contributed by atoms with Gasteiger partial charge in [-0.2, -0.15) is 4.90 Å². The predicted molar refractivity (Wildman–Crippen MR) is 76.3 cm³/mol. The molecule has 0 aromatic heterocycles. The first-order valence-electron chi connectivity index (χ1n) is 6.22. The van der Waals surface area contributed by atoms with E-state index >= 15 is 0 Å². The van der Waals surface area contributed by atoms with E-state index in [-0.39, 0.29) is 0 Å². The van der Waals surface area contributed by atoms with Crippen molar-refractivity contribution in [3.05, 3.63) is 40.2 Å². The summed E-state index contributed by atoms with van der Waals surface area (Å²) in [6, 6.07) is 6.20. The van der Waals surface area contributed by atoms with E-state index in [0.717, 1.165) is 14.2 Å². The zero-order chi connectivity index (χ0) is 16.7. The van der Waals surface area contributed by atoms with Gasteiger partial charge in [0, 0.05) is 0 Å². The maximum absolute atomic E-state index is 11.8. The highest BCUT2D eigenvalue weighted by Gasteiger charge is 2.39. The second kappa shape index (κ2) is 7.87. The van der Waals surface area contributed by atoms with E-state index in [9.17, 15) is 20.0 Å². The van der Waals surface area contributed by atoms with Gasteiger partial charge in [-0.05, 0) is 17.7 Å². The molecule has 0 saturated heterocycles. The lowest BCUT2D eigenvalue weighted by Gasteiger charge is -2.20. The predicted octanol–water partition coefficient (Wildman–Crippen LogP) is 0.820. The van der Waals surface area contributed by atoms with Gasteiger partial charge >= 0.3 is 11.9 Å². The molecule has 0 bridgehead atoms. The Balaban J connectivity index is 3.32. The van der Waals surface area contributed by atoms with Crippen LogP contribution in [0.15, 0.2) is 24.3 Å². The third-order valence-corrected chi connectivity index (χ3v) is 3.05. The van der Waals surface area contributed by atoms with Gasteiger partial charge in [0.15, 0.2) is 12.1 Å². The van der Waals surface area contributed by atoms with Gasteiger partial charge in [-0.25, -0.2) is 0 Å². The van der Waals surface area contributed by atoms with Gasteiger partial charge in [0.2, 0.25) is 0 Å². The molecule has 0 radical (unpaired) electrons. The summed E-state index contributed by atoms with van der Waals surface area (Å²) in [6.07, 6.45) is 0.667. The van der Waals surface area contributed by atoms with Crippen LogP contribution in [0.25, 0.3) is 0 Å². The van der Waals surface area contributed by atoms with Gasteiger partial charge in [0.1, 0.15) is 5.75 Å². The molecule has 0 fully saturated rings. The van der Waals surface area contributed by atoms with E-state index < -0.39 is 28.7 Å². The summed E-state index contributed by atoms with van der Waals surface area (Å²) >= 11 is 0. The summed E-state index contributed by atoms with van der Waals surface area (Å²) in [5, 5.41) is 21.7. The van der Waals surface area contributed by atoms with Crippen LogP contribution in [0.1, 0.15) is 11.5 Å². The van der Waals surface area contributed by atoms with Gasteiger partial charge in [-0.3, -0.25) is 9.59 Å². The minimum Gasteiger partial charge on any atom is -0.613 e. The molecule has 1 aromatic rings. The zero-order valence-corrected chi connectivity index (χ0v) is 12.3. The molecule has 0 aliphatic carbocycles. The number of carbonyl (C=O) groups excluding carboxylic acids is 2. The zero-order valence-electron chi connectivity index (χ0n) is 12.3. The normalized spacial score (nSPS) is 11.5. The van der Waals surface area contributed by atoms with Crippen molar-refractivity contribution in [2.45, 2.75) is 5.92 Å². The van der Waals surface area contributed by atoms with Crippen LogP contribution in [0.5, 0.6) is 5.75 Å². The third kappa shape index (κ3) is 4.11. The average molecular weight is 310 g/mol. The summed E-state index contributed by atoms with van der Waals surface area (Å²) in [6.45, 7) is 0. The molecule has 0 aliphatic rings. The fraction of sp³-hybridized carbons (Fsp3) is 0.357. The van der Waals surface area contributed by atoms with Gasteiger partial charge < -0.3 is 24.6 Å². The first-order chi connectivity index (χ1) is 10.4. The van der Waals surface area contributed by atoms with E-state index in [1.54, 1.807) is 12.1 Å². The van der Waals surface area contributed by atoms with E-state index in [4.69, 9.17) is 4.74 Å². The number of hydrogen-bond acceptors (Lipinski definition) is 7. The van der Waals surface area contributed by atoms with Crippen molar-refractivity contribution in [1.29, 1.82) is 0 Å². The lowest BCUT2D eigenvalue weighted by molar-refractivity contribution is -0.375. The molecule has 0 spiro atoms. The van der Waals surface area contributed by atoms with Crippen molar-refractivity contribution in [1.82, 2.24) is 0 Å². The highest BCUT2D eigenvalue weighted by molar-refractivity contribution is 5.99. The molecule has 120 valence electrons. The highest BCUT2D eigenvalue weighted by Crippen LogP contribution is 2.27. The first-order valence-corrected chi connectivity index (χ1v) is 6.22. The fourth-order valence-corrected chi connectivity index (χ4v) is 1.97. The first kappa shape index (κ1) is 17.3. The fourth-order valence-electron chi connectivity index (χ4n) is 1.97. The van der Waals surface area contributed by atoms with Gasteiger partial charge in [0.25, 0.3) is 0 Å². The highest BCUT2D eigenvalue weighted by atomic mass is 16.8. The molecular weight excluding hydrogens is 294 g/mol. The Morgan fingerprint density at radius 3 is 1.91 bits per heavy atom. The smallest absolute Gasteiger partial charge is 0.321 e. The lowest BCUT2D eigenvalue weighted by Crippen LogP contribution is -2.34. The Hall–Kier alpha value is -2.77. The molecule has 0 amide bonds. The molecule has 1 aromatic carbocycles. The monoisotopic (exact) mass is 310 g/mol. The van der Waals surface area contributed by atoms with E-state index in [1.807, 2.05) is 0 Å². The molecule has 1 atom stereocenters. The van der Waals surface area contributed by atoms with Crippen molar-refractivity contribution < 1.29 is 28.7 Å². The maximum atomic E-state index is 11.8. The van der Waals surface area contributed by atoms with E-state index in [2.05, 4.69) is 9.47 Å². The van der Waals surface area contributed by atoms with Crippen LogP contribution in [-0.2, 0) is 19.1 Å². The van der Waals surface area contributed by atoms with Crippen LogP contribution in [-0.4, -0.2) is 44.4 Å². The molecule has 22 heavy (non-hydrogen) atoms. The molecule has 1 unspecified atom stereocenters. The average Bonchev–Trinajstić information content (AvgIpc) is 2.53. The molecular formula is C14H16NO7-. The Labute approximate surface area is 127 Å². The third-order valence-electron chi connectivity index (χ3n) is 3.05. The minimum absolute atomic E-state index is 0.387. The number of benzene rings is 1. The van der Waals surface area contributed by atoms with Crippen LogP contribution in [0.4, 0.5) is 0 Å². The van der Waals surface area contributed by atoms with Crippen LogP contribution in [0, 0.1) is 16.3 Å². The topological polar surface area (TPSA) is 111 Å². The van der Waals surface area contributed by atoms with Crippen LogP contribution in [0.3, 0.4) is 0 Å². The maximum Gasteiger partial charge on any atom is 0.321 e. The largest absolute Gasteiger partial charge is 0.613 e. The van der Waals surface area contributed by atoms with Crippen LogP contribution >= 0.6 is 0 Å². The van der Waals surface area contributed by atoms with E-state index in [1.165, 1.54) is 19.2 Å². The number of ether oxygens (including phenoxy) is 3. The Kier molecular flexibility index (Phi) is 6.18. The number of esters is 2. The summed E-state index contributed by atoms with van der Waals surface area (Å²) in [7, 11) is 3.66. The second-order valence-corrected chi connectivity index (χ2v) is 4.26. The Morgan fingerprint density at radius 1 is 1.05 bits per heavy atom. The Bertz CT molecular complexity index is 533. The number of carbonyl (C=O) groups is 2. The molecule has 1 rings (SSSR count). The van der Waals surface area contributed by atoms with Gasteiger partial charge in [0.05, 0.1) is 27.2 Å². The SMILES string of the molecule is COC(=O)C(C(=O)OC)C(C=[N+]([O-])[O-])c1ccc(OC)cc1. The van der Waals surface area contributed by atoms with Crippen molar-refractivity contribution in [2.75, 3.05) is 21.3 Å². The summed E-state index contributed by atoms with van der Waals surface area (Å²) in [5.74, 6) is -3.87. The van der Waals surface area contributed by atoms with Crippen LogP contribution in [0.2, 0.25) is 0 Å². The summed E-state index contributed by atoms with van der Waals surface area (Å²) in [5.41, 5.74) is 0.387. The number of hydrogen-bond donors (Lipinski definition) is 0. The van der Waals surface area contributed by atoms with Crippen molar-refractivity contribution in [3.8, 4) is 5.75 Å². The van der Waals surface area contributed by atoms with E-state index in [0.29, 0.717) is 17.5 Å². The van der Waals surface area contributed by atoms with Gasteiger partial charge in [-0.1, -0.05) is 12.1 Å². The minimum atomic E-state index is -1.46. The molecule has 0 N–H and O–H groups in total. The number of methoxy groups -OCH3 is 3. The quantitative estimate of drug-likeness (QED) is 0.251. The molecule has 0 aliphatic heterocycles. The molecule has 8 heteroatoms. The molecule has 0 saturated carbocycles.